The van der Waals surface area contributed by atoms with Crippen molar-refractivity contribution in [3.8, 4) is 34.1 Å². The number of hydrogen-bond donors (Lipinski definition) is 2. The molecular weight excluding hydrogens is 545 g/mol. The van der Waals surface area contributed by atoms with Crippen LogP contribution >= 0.6 is 7.82 Å². The Morgan fingerprint density at radius 2 is 1.90 bits per heavy atom. The fourth-order valence-corrected chi connectivity index (χ4v) is 4.49. The summed E-state index contributed by atoms with van der Waals surface area (Å²) in [6, 6.07) is 16.5. The minimum atomic E-state index is -4.73. The van der Waals surface area contributed by atoms with Crippen molar-refractivity contribution < 1.29 is 28.4 Å². The average Bonchev–Trinajstić information content (AvgIpc) is 3.32. The molecule has 41 heavy (non-hydrogen) atoms. The van der Waals surface area contributed by atoms with Gasteiger partial charge in [0.05, 0.1) is 18.7 Å². The van der Waals surface area contributed by atoms with Crippen LogP contribution in [0.5, 0.6) is 5.75 Å². The van der Waals surface area contributed by atoms with Gasteiger partial charge in [0.25, 0.3) is 0 Å². The number of nitriles is 1. The Labute approximate surface area is 237 Å². The Kier molecular flexibility index (Phi) is 9.03. The van der Waals surface area contributed by atoms with Crippen molar-refractivity contribution in [2.24, 2.45) is 0 Å². The fourth-order valence-electron chi connectivity index (χ4n) is 4.22. The molecule has 2 heterocycles. The predicted octanol–water partition coefficient (Wildman–Crippen LogP) is 4.40. The standard InChI is InChI=1S/C29H30N5O6P/c1-32(2)10-6-9-28(35)33(3)24-12-22(13-25(15-24)39-4)23-14-26-27(21-8-5-7-20(11-21)16-30)18-34(29(26)31-17-23)19-40-41(36,37)38/h5-9,11-15,17-18H,10,19H2,1-4H3,(H2,36,37,38). The van der Waals surface area contributed by atoms with Crippen molar-refractivity contribution in [2.75, 3.05) is 39.7 Å². The first kappa shape index (κ1) is 29.7. The van der Waals surface area contributed by atoms with E-state index in [2.05, 4.69) is 11.1 Å². The lowest BCUT2D eigenvalue weighted by Gasteiger charge is -2.18. The molecular formula is C29H30N5O6P. The summed E-state index contributed by atoms with van der Waals surface area (Å²) in [4.78, 5) is 39.4. The Morgan fingerprint density at radius 1 is 1.12 bits per heavy atom. The molecule has 0 fully saturated rings. The van der Waals surface area contributed by atoms with Crippen LogP contribution in [0.3, 0.4) is 0 Å². The third kappa shape index (κ3) is 7.27. The molecule has 2 N–H and O–H groups in total. The number of aromatic nitrogens is 2. The molecule has 11 nitrogen and oxygen atoms in total. The summed E-state index contributed by atoms with van der Waals surface area (Å²) in [5.41, 5.74) is 4.39. The molecule has 4 rings (SSSR count). The van der Waals surface area contributed by atoms with Gasteiger partial charge < -0.3 is 28.9 Å². The number of anilines is 1. The van der Waals surface area contributed by atoms with Crippen LogP contribution in [0, 0.1) is 11.3 Å². The first-order valence-electron chi connectivity index (χ1n) is 12.5. The topological polar surface area (TPSA) is 141 Å². The normalized spacial score (nSPS) is 11.8. The van der Waals surface area contributed by atoms with Gasteiger partial charge in [-0.3, -0.25) is 9.32 Å². The van der Waals surface area contributed by atoms with Crippen molar-refractivity contribution in [2.45, 2.75) is 6.73 Å². The highest BCUT2D eigenvalue weighted by atomic mass is 31.2. The SMILES string of the molecule is COc1cc(-c2cnc3c(c2)c(-c2cccc(C#N)c2)cn3COP(=O)(O)O)cc(N(C)C(=O)C=CCN(C)C)c1. The molecule has 4 aromatic rings. The third-order valence-corrected chi connectivity index (χ3v) is 6.74. The summed E-state index contributed by atoms with van der Waals surface area (Å²) in [5, 5.41) is 10.1. The summed E-state index contributed by atoms with van der Waals surface area (Å²) < 4.78 is 23.1. The van der Waals surface area contributed by atoms with Crippen molar-refractivity contribution in [1.29, 1.82) is 5.26 Å². The lowest BCUT2D eigenvalue weighted by Crippen LogP contribution is -2.24. The maximum absolute atomic E-state index is 12.8. The van der Waals surface area contributed by atoms with E-state index < -0.39 is 14.6 Å². The minimum Gasteiger partial charge on any atom is -0.497 e. The van der Waals surface area contributed by atoms with Gasteiger partial charge in [0.15, 0.2) is 0 Å². The zero-order valence-electron chi connectivity index (χ0n) is 23.1. The Morgan fingerprint density at radius 3 is 2.59 bits per heavy atom. The quantitative estimate of drug-likeness (QED) is 0.208. The molecule has 0 saturated heterocycles. The number of likely N-dealkylation sites (N-methyl/N-ethyl adjacent to an activating group) is 2. The highest BCUT2D eigenvalue weighted by molar-refractivity contribution is 7.46. The predicted molar refractivity (Wildman–Crippen MR) is 156 cm³/mol. The second-order valence-corrected chi connectivity index (χ2v) is 10.8. The van der Waals surface area contributed by atoms with Crippen LogP contribution in [0.15, 0.2) is 73.1 Å². The first-order chi connectivity index (χ1) is 19.5. The minimum absolute atomic E-state index is 0.193. The van der Waals surface area contributed by atoms with E-state index in [-0.39, 0.29) is 5.91 Å². The fraction of sp³-hybridized carbons (Fsp3) is 0.207. The summed E-state index contributed by atoms with van der Waals surface area (Å²) in [6.45, 7) is 0.204. The average molecular weight is 576 g/mol. The van der Waals surface area contributed by atoms with E-state index in [9.17, 15) is 24.4 Å². The maximum Gasteiger partial charge on any atom is 0.471 e. The van der Waals surface area contributed by atoms with Gasteiger partial charge in [-0.1, -0.05) is 18.2 Å². The van der Waals surface area contributed by atoms with Gasteiger partial charge in [0, 0.05) is 60.3 Å². The summed E-state index contributed by atoms with van der Waals surface area (Å²) >= 11 is 0. The molecule has 0 saturated carbocycles. The van der Waals surface area contributed by atoms with Crippen LogP contribution < -0.4 is 9.64 Å². The summed E-state index contributed by atoms with van der Waals surface area (Å²) in [7, 11) is 2.34. The van der Waals surface area contributed by atoms with E-state index in [0.29, 0.717) is 45.7 Å². The zero-order chi connectivity index (χ0) is 29.7. The van der Waals surface area contributed by atoms with Crippen LogP contribution in [-0.2, 0) is 20.6 Å². The molecule has 2 aromatic heterocycles. The highest BCUT2D eigenvalue weighted by Crippen LogP contribution is 2.39. The summed E-state index contributed by atoms with van der Waals surface area (Å²) in [5.74, 6) is 0.352. The smallest absolute Gasteiger partial charge is 0.471 e. The van der Waals surface area contributed by atoms with Crippen molar-refractivity contribution in [3.63, 3.8) is 0 Å². The van der Waals surface area contributed by atoms with E-state index in [4.69, 9.17) is 9.26 Å². The number of phosphoric ester groups is 1. The van der Waals surface area contributed by atoms with Crippen molar-refractivity contribution >= 4 is 30.5 Å². The number of pyridine rings is 1. The molecule has 12 heteroatoms. The number of fused-ring (bicyclic) bond motifs is 1. The molecule has 0 bridgehead atoms. The first-order valence-corrected chi connectivity index (χ1v) is 14.0. The molecule has 0 aliphatic heterocycles. The second kappa shape index (κ2) is 12.5. The maximum atomic E-state index is 12.8. The lowest BCUT2D eigenvalue weighted by atomic mass is 10.0. The van der Waals surface area contributed by atoms with Gasteiger partial charge in [-0.25, -0.2) is 9.55 Å². The number of ether oxygens (including phenoxy) is 1. The largest absolute Gasteiger partial charge is 0.497 e. The molecule has 0 unspecified atom stereocenters. The van der Waals surface area contributed by atoms with Crippen LogP contribution in [0.2, 0.25) is 0 Å². The van der Waals surface area contributed by atoms with Crippen LogP contribution in [0.1, 0.15) is 5.56 Å². The van der Waals surface area contributed by atoms with Gasteiger partial charge in [-0.05, 0) is 55.6 Å². The zero-order valence-corrected chi connectivity index (χ0v) is 23.9. The third-order valence-electron chi connectivity index (χ3n) is 6.29. The number of methoxy groups -OCH3 is 1. The van der Waals surface area contributed by atoms with Crippen LogP contribution in [0.4, 0.5) is 5.69 Å². The van der Waals surface area contributed by atoms with E-state index in [1.54, 1.807) is 56.9 Å². The molecule has 0 atom stereocenters. The Hall–Kier alpha value is -4.30. The number of phosphoric acid groups is 1. The van der Waals surface area contributed by atoms with Gasteiger partial charge >= 0.3 is 7.82 Å². The number of hydrogen-bond acceptors (Lipinski definition) is 7. The van der Waals surface area contributed by atoms with E-state index in [1.807, 2.05) is 43.3 Å². The molecule has 0 radical (unpaired) electrons. The lowest BCUT2D eigenvalue weighted by molar-refractivity contribution is -0.113. The molecule has 1 amide bonds. The second-order valence-electron chi connectivity index (χ2n) is 9.53. The number of rotatable bonds is 10. The van der Waals surface area contributed by atoms with Gasteiger partial charge in [0.1, 0.15) is 18.1 Å². The van der Waals surface area contributed by atoms with E-state index in [1.165, 1.54) is 15.5 Å². The summed E-state index contributed by atoms with van der Waals surface area (Å²) in [6.07, 6.45) is 6.62. The van der Waals surface area contributed by atoms with Gasteiger partial charge in [-0.2, -0.15) is 5.26 Å². The number of benzene rings is 2. The van der Waals surface area contributed by atoms with E-state index >= 15 is 0 Å². The molecule has 0 aliphatic carbocycles. The molecule has 0 spiro atoms. The van der Waals surface area contributed by atoms with Crippen molar-refractivity contribution in [3.05, 3.63) is 78.6 Å². The van der Waals surface area contributed by atoms with Crippen molar-refractivity contribution in [1.82, 2.24) is 14.5 Å². The molecule has 2 aromatic carbocycles. The highest BCUT2D eigenvalue weighted by Gasteiger charge is 2.19. The van der Waals surface area contributed by atoms with Gasteiger partial charge in [-0.15, -0.1) is 0 Å². The van der Waals surface area contributed by atoms with Crippen LogP contribution in [0.25, 0.3) is 33.3 Å². The monoisotopic (exact) mass is 575 g/mol. The Balaban J connectivity index is 1.81. The molecule has 212 valence electrons. The number of carbonyl (C=O) groups excluding carboxylic acids is 1. The Bertz CT molecular complexity index is 1700. The molecule has 0 aliphatic rings. The number of carbonyl (C=O) groups is 1. The number of amides is 1. The van der Waals surface area contributed by atoms with Gasteiger partial charge in [0.2, 0.25) is 5.91 Å². The number of nitrogens with zero attached hydrogens (tertiary/aromatic N) is 5. The van der Waals surface area contributed by atoms with E-state index in [0.717, 1.165) is 11.1 Å². The van der Waals surface area contributed by atoms with Crippen LogP contribution in [-0.4, -0.2) is 64.9 Å².